The second-order valence-corrected chi connectivity index (χ2v) is 7.31. The number of esters is 1. The minimum atomic E-state index is -0.114. The van der Waals surface area contributed by atoms with Crippen LogP contribution in [-0.2, 0) is 16.0 Å². The third kappa shape index (κ3) is 12.5. The third-order valence-corrected chi connectivity index (χ3v) is 4.76. The number of hydrogen-bond donors (Lipinski definition) is 2. The number of thiophene rings is 1. The Morgan fingerprint density at radius 1 is 1.27 bits per heavy atom. The lowest BCUT2D eigenvalue weighted by Crippen LogP contribution is -2.38. The molecule has 1 atom stereocenters. The van der Waals surface area contributed by atoms with Crippen molar-refractivity contribution in [1.82, 2.24) is 10.6 Å². The van der Waals surface area contributed by atoms with E-state index in [9.17, 15) is 4.79 Å². The van der Waals surface area contributed by atoms with Crippen molar-refractivity contribution in [3.63, 3.8) is 0 Å². The maximum absolute atomic E-state index is 11.0. The van der Waals surface area contributed by atoms with Crippen molar-refractivity contribution in [3.8, 4) is 0 Å². The molecule has 1 aromatic rings. The number of carbonyl (C=O) groups excluding carboxylic acids is 1. The molecule has 0 aromatic carbocycles. The number of nitrogens with one attached hydrogen (secondary N) is 2. The average molecular weight is 495 g/mol. The molecule has 1 heterocycles. The highest BCUT2D eigenvalue weighted by Crippen LogP contribution is 2.14. The first-order valence-electron chi connectivity index (χ1n) is 9.27. The van der Waals surface area contributed by atoms with E-state index < -0.39 is 0 Å². The van der Waals surface area contributed by atoms with Gasteiger partial charge in [0, 0.05) is 30.9 Å². The zero-order valence-corrected chi connectivity index (χ0v) is 19.4. The smallest absolute Gasteiger partial charge is 0.305 e. The summed E-state index contributed by atoms with van der Waals surface area (Å²) >= 11 is 1.81. The number of aliphatic imine (C=N–C) groups is 1. The van der Waals surface area contributed by atoms with Crippen LogP contribution in [0.2, 0.25) is 0 Å². The van der Waals surface area contributed by atoms with Gasteiger partial charge in [0.1, 0.15) is 0 Å². The lowest BCUT2D eigenvalue weighted by atomic mass is 10.1. The van der Waals surface area contributed by atoms with E-state index in [1.54, 1.807) is 0 Å². The van der Waals surface area contributed by atoms with Crippen LogP contribution in [0.15, 0.2) is 22.5 Å². The molecule has 7 heteroatoms. The van der Waals surface area contributed by atoms with Crippen molar-refractivity contribution in [2.24, 2.45) is 10.9 Å². The molecule has 5 nitrogen and oxygen atoms in total. The van der Waals surface area contributed by atoms with Crippen LogP contribution in [0.1, 0.15) is 50.8 Å². The number of guanidine groups is 1. The molecule has 2 N–H and O–H groups in total. The van der Waals surface area contributed by atoms with E-state index in [-0.39, 0.29) is 29.9 Å². The molecule has 1 rings (SSSR count). The highest BCUT2D eigenvalue weighted by atomic mass is 127. The minimum Gasteiger partial charge on any atom is -0.469 e. The fourth-order valence-electron chi connectivity index (χ4n) is 2.48. The Morgan fingerprint density at radius 3 is 2.69 bits per heavy atom. The molecular formula is C19H34IN3O2S. The van der Waals surface area contributed by atoms with Gasteiger partial charge < -0.3 is 15.4 Å². The second-order valence-electron chi connectivity index (χ2n) is 6.28. The molecule has 0 amide bonds. The molecule has 0 aliphatic rings. The lowest BCUT2D eigenvalue weighted by molar-refractivity contribution is -0.140. The van der Waals surface area contributed by atoms with Gasteiger partial charge in [0.2, 0.25) is 0 Å². The van der Waals surface area contributed by atoms with Crippen LogP contribution in [-0.4, -0.2) is 38.7 Å². The molecule has 150 valence electrons. The summed E-state index contributed by atoms with van der Waals surface area (Å²) in [6.45, 7) is 6.92. The lowest BCUT2D eigenvalue weighted by Gasteiger charge is -2.13. The van der Waals surface area contributed by atoms with Gasteiger partial charge in [0.25, 0.3) is 0 Å². The van der Waals surface area contributed by atoms with Gasteiger partial charge in [-0.05, 0) is 43.6 Å². The predicted molar refractivity (Wildman–Crippen MR) is 122 cm³/mol. The molecule has 26 heavy (non-hydrogen) atoms. The molecule has 0 fully saturated rings. The van der Waals surface area contributed by atoms with Crippen molar-refractivity contribution in [3.05, 3.63) is 22.4 Å². The van der Waals surface area contributed by atoms with E-state index in [1.165, 1.54) is 12.0 Å². The van der Waals surface area contributed by atoms with Gasteiger partial charge in [-0.3, -0.25) is 9.79 Å². The molecular weight excluding hydrogens is 461 g/mol. The summed E-state index contributed by atoms with van der Waals surface area (Å²) in [6.07, 6.45) is 5.76. The molecule has 0 saturated heterocycles. The summed E-state index contributed by atoms with van der Waals surface area (Å²) in [5.41, 5.74) is 0. The van der Waals surface area contributed by atoms with E-state index in [0.29, 0.717) is 12.3 Å². The van der Waals surface area contributed by atoms with Crippen molar-refractivity contribution in [2.45, 2.75) is 52.4 Å². The highest BCUT2D eigenvalue weighted by molar-refractivity contribution is 14.0. The predicted octanol–water partition coefficient (Wildman–Crippen LogP) is 4.22. The Hall–Kier alpha value is -0.830. The summed E-state index contributed by atoms with van der Waals surface area (Å²) in [5, 5.41) is 8.82. The normalized spacial score (nSPS) is 12.2. The third-order valence-electron chi connectivity index (χ3n) is 3.86. The maximum atomic E-state index is 11.0. The quantitative estimate of drug-likeness (QED) is 0.150. The Balaban J connectivity index is 0.00000625. The first-order valence-corrected chi connectivity index (χ1v) is 10.1. The molecule has 0 spiro atoms. The number of halogens is 1. The van der Waals surface area contributed by atoms with E-state index in [0.717, 1.165) is 57.7 Å². The van der Waals surface area contributed by atoms with Crippen LogP contribution in [0, 0.1) is 5.92 Å². The van der Waals surface area contributed by atoms with Crippen LogP contribution >= 0.6 is 35.3 Å². The number of methoxy groups -OCH3 is 1. The maximum Gasteiger partial charge on any atom is 0.305 e. The Kier molecular flexibility index (Phi) is 15.8. The van der Waals surface area contributed by atoms with Gasteiger partial charge in [-0.25, -0.2) is 0 Å². The highest BCUT2D eigenvalue weighted by Gasteiger charge is 2.05. The van der Waals surface area contributed by atoms with Crippen molar-refractivity contribution >= 4 is 47.2 Å². The number of unbranched alkanes of at least 4 members (excludes halogenated alkanes) is 3. The zero-order chi connectivity index (χ0) is 18.3. The summed E-state index contributed by atoms with van der Waals surface area (Å²) < 4.78 is 4.64. The molecule has 0 bridgehead atoms. The number of hydrogen-bond acceptors (Lipinski definition) is 4. The first kappa shape index (κ1) is 25.2. The van der Waals surface area contributed by atoms with Gasteiger partial charge in [-0.1, -0.05) is 25.8 Å². The first-order chi connectivity index (χ1) is 12.2. The Labute approximate surface area is 179 Å². The molecule has 1 aromatic heterocycles. The van der Waals surface area contributed by atoms with Gasteiger partial charge in [0.15, 0.2) is 5.96 Å². The van der Waals surface area contributed by atoms with Crippen molar-refractivity contribution in [2.75, 3.05) is 26.7 Å². The standard InChI is InChI=1S/C19H33N3O2S.HI/c1-4-20-19(21-12-8-6-5-7-11-18(23)24-3)22-15-16(2)14-17-10-9-13-25-17;/h9-10,13,16H,4-8,11-12,14-15H2,1-3H3,(H2,20,21,22);1H. The average Bonchev–Trinajstić information content (AvgIpc) is 3.11. The van der Waals surface area contributed by atoms with E-state index >= 15 is 0 Å². The SMILES string of the molecule is CCNC(=NCC(C)Cc1cccs1)NCCCCCCC(=O)OC.I. The number of rotatable bonds is 12. The van der Waals surface area contributed by atoms with Crippen molar-refractivity contribution in [1.29, 1.82) is 0 Å². The summed E-state index contributed by atoms with van der Waals surface area (Å²) in [5.74, 6) is 1.32. The van der Waals surface area contributed by atoms with Crippen LogP contribution in [0.3, 0.4) is 0 Å². The van der Waals surface area contributed by atoms with Gasteiger partial charge in [0.05, 0.1) is 7.11 Å². The minimum absolute atomic E-state index is 0. The van der Waals surface area contributed by atoms with Gasteiger partial charge >= 0.3 is 5.97 Å². The Bertz CT molecular complexity index is 495. The number of nitrogens with zero attached hydrogens (tertiary/aromatic N) is 1. The molecule has 0 saturated carbocycles. The van der Waals surface area contributed by atoms with E-state index in [2.05, 4.69) is 46.7 Å². The molecule has 0 radical (unpaired) electrons. The second kappa shape index (κ2) is 16.4. The molecule has 0 aliphatic carbocycles. The fourth-order valence-corrected chi connectivity index (χ4v) is 3.35. The topological polar surface area (TPSA) is 62.7 Å². The summed E-state index contributed by atoms with van der Waals surface area (Å²) in [7, 11) is 1.44. The monoisotopic (exact) mass is 495 g/mol. The van der Waals surface area contributed by atoms with E-state index in [4.69, 9.17) is 4.99 Å². The van der Waals surface area contributed by atoms with Crippen LogP contribution < -0.4 is 10.6 Å². The van der Waals surface area contributed by atoms with Crippen molar-refractivity contribution < 1.29 is 9.53 Å². The molecule has 1 unspecified atom stereocenters. The fraction of sp³-hybridized carbons (Fsp3) is 0.684. The molecule has 0 aliphatic heterocycles. The summed E-state index contributed by atoms with van der Waals surface area (Å²) in [6, 6.07) is 4.29. The Morgan fingerprint density at radius 2 is 2.04 bits per heavy atom. The largest absolute Gasteiger partial charge is 0.469 e. The van der Waals surface area contributed by atoms with Crippen LogP contribution in [0.5, 0.6) is 0 Å². The number of ether oxygens (including phenoxy) is 1. The zero-order valence-electron chi connectivity index (χ0n) is 16.3. The van der Waals surface area contributed by atoms with Crippen LogP contribution in [0.25, 0.3) is 0 Å². The van der Waals surface area contributed by atoms with Gasteiger partial charge in [-0.2, -0.15) is 0 Å². The van der Waals surface area contributed by atoms with Crippen LogP contribution in [0.4, 0.5) is 0 Å². The number of carbonyl (C=O) groups is 1. The van der Waals surface area contributed by atoms with E-state index in [1.807, 2.05) is 11.3 Å². The summed E-state index contributed by atoms with van der Waals surface area (Å²) in [4.78, 5) is 17.2. The van der Waals surface area contributed by atoms with Gasteiger partial charge in [-0.15, -0.1) is 35.3 Å².